The number of aromatic nitrogens is 1. The predicted molar refractivity (Wildman–Crippen MR) is 218 cm³/mol. The second kappa shape index (κ2) is 21.4. The zero-order valence-electron chi connectivity index (χ0n) is 34.6. The molecule has 0 bridgehead atoms. The number of benzene rings is 2. The van der Waals surface area contributed by atoms with Crippen molar-refractivity contribution >= 4 is 46.9 Å². The molecule has 5 atom stereocenters. The summed E-state index contributed by atoms with van der Waals surface area (Å²) < 4.78 is 11.2. The van der Waals surface area contributed by atoms with Gasteiger partial charge in [-0.05, 0) is 70.8 Å². The first kappa shape index (κ1) is 47.0. The summed E-state index contributed by atoms with van der Waals surface area (Å²) in [4.78, 5) is 84.5. The number of carboxylic acids is 1. The third-order valence-electron chi connectivity index (χ3n) is 10.2. The van der Waals surface area contributed by atoms with Crippen LogP contribution in [0.3, 0.4) is 0 Å². The van der Waals surface area contributed by atoms with Gasteiger partial charge >= 0.3 is 12.1 Å². The van der Waals surface area contributed by atoms with Crippen molar-refractivity contribution in [2.75, 3.05) is 21.1 Å². The van der Waals surface area contributed by atoms with Crippen LogP contribution in [0.15, 0.2) is 60.0 Å². The maximum absolute atomic E-state index is 14.1. The number of carbonyl (C=O) groups excluding carboxylic acids is 4. The molecule has 0 saturated carbocycles. The van der Waals surface area contributed by atoms with Gasteiger partial charge in [-0.25, -0.2) is 9.78 Å². The van der Waals surface area contributed by atoms with Gasteiger partial charge in [-0.15, -0.1) is 11.3 Å². The number of hydrogen-bond donors (Lipinski definition) is 3. The van der Waals surface area contributed by atoms with Crippen LogP contribution in [-0.2, 0) is 25.5 Å². The standard InChI is InChI=1S/C41H56N6O10S/c1-10-14-31(44-39(52)41(5,6)45(7)8)37(49)46(9)33(25(2)3)23-34(57-40(53)56-30-19-17-29(18-20-30)47(54)55)36-43-32(24-58-36)35(48)42-28(21-26(4)38(50)51)22-27-15-12-11-13-16-27/h11-13,15-20,24-26,28,31,33-34H,10,14,21-23H2,1-9H3,(H,42,48)(H,44,52)(H,50,51)/t26-,28+,31-,33+,34+/m0/s1. The van der Waals surface area contributed by atoms with Gasteiger partial charge in [-0.1, -0.05) is 64.4 Å². The first-order valence-corrected chi connectivity index (χ1v) is 20.0. The Hall–Kier alpha value is -5.42. The summed E-state index contributed by atoms with van der Waals surface area (Å²) >= 11 is 1.05. The zero-order chi connectivity index (χ0) is 43.3. The quantitative estimate of drug-likeness (QED) is 0.0471. The Morgan fingerprint density at radius 3 is 2.16 bits per heavy atom. The topological polar surface area (TPSA) is 211 Å². The first-order valence-electron chi connectivity index (χ1n) is 19.2. The predicted octanol–water partition coefficient (Wildman–Crippen LogP) is 6.26. The largest absolute Gasteiger partial charge is 0.514 e. The molecule has 0 spiro atoms. The number of rotatable bonds is 21. The molecule has 0 aliphatic rings. The summed E-state index contributed by atoms with van der Waals surface area (Å²) in [5.41, 5.74) is -0.176. The van der Waals surface area contributed by atoms with Gasteiger partial charge in [-0.2, -0.15) is 0 Å². The summed E-state index contributed by atoms with van der Waals surface area (Å²) in [5, 5.41) is 28.3. The number of thiazole rings is 1. The van der Waals surface area contributed by atoms with Crippen molar-refractivity contribution in [3.05, 3.63) is 86.4 Å². The highest BCUT2D eigenvalue weighted by atomic mass is 32.1. The van der Waals surface area contributed by atoms with E-state index in [1.807, 2.05) is 51.1 Å². The van der Waals surface area contributed by atoms with E-state index in [2.05, 4.69) is 15.6 Å². The van der Waals surface area contributed by atoms with Crippen LogP contribution in [0.4, 0.5) is 10.5 Å². The Bertz CT molecular complexity index is 1870. The Morgan fingerprint density at radius 1 is 0.966 bits per heavy atom. The molecule has 0 saturated heterocycles. The number of aliphatic carboxylic acids is 1. The lowest BCUT2D eigenvalue weighted by molar-refractivity contribution is -0.384. The fraction of sp³-hybridized carbons (Fsp3) is 0.512. The van der Waals surface area contributed by atoms with Crippen LogP contribution in [0.5, 0.6) is 5.75 Å². The molecule has 0 unspecified atom stereocenters. The van der Waals surface area contributed by atoms with E-state index in [0.29, 0.717) is 19.3 Å². The highest BCUT2D eigenvalue weighted by Crippen LogP contribution is 2.32. The molecule has 1 aromatic heterocycles. The number of nitro benzene ring substituents is 1. The van der Waals surface area contributed by atoms with E-state index < -0.39 is 58.6 Å². The van der Waals surface area contributed by atoms with Crippen LogP contribution in [-0.4, -0.2) is 99.5 Å². The molecule has 1 heterocycles. The van der Waals surface area contributed by atoms with Gasteiger partial charge in [0.25, 0.3) is 11.6 Å². The molecule has 3 amide bonds. The highest BCUT2D eigenvalue weighted by molar-refractivity contribution is 7.09. The number of amides is 3. The van der Waals surface area contributed by atoms with E-state index in [4.69, 9.17) is 9.47 Å². The number of carboxylic acid groups (broad SMARTS) is 1. The van der Waals surface area contributed by atoms with Crippen LogP contribution in [0.2, 0.25) is 0 Å². The maximum atomic E-state index is 14.1. The van der Waals surface area contributed by atoms with Crippen molar-refractivity contribution in [3.63, 3.8) is 0 Å². The Kier molecular flexibility index (Phi) is 17.3. The number of hydrogen-bond acceptors (Lipinski definition) is 12. The number of non-ortho nitro benzene ring substituents is 1. The van der Waals surface area contributed by atoms with Gasteiger partial charge in [0.2, 0.25) is 11.8 Å². The highest BCUT2D eigenvalue weighted by Gasteiger charge is 2.37. The van der Waals surface area contributed by atoms with Crippen LogP contribution in [0.25, 0.3) is 0 Å². The van der Waals surface area contributed by atoms with E-state index in [1.165, 1.54) is 34.5 Å². The molecular formula is C41H56N6O10S. The molecule has 3 N–H and O–H groups in total. The van der Waals surface area contributed by atoms with Gasteiger partial charge in [0.15, 0.2) is 6.10 Å². The Morgan fingerprint density at radius 2 is 1.60 bits per heavy atom. The first-order chi connectivity index (χ1) is 27.2. The lowest BCUT2D eigenvalue weighted by Gasteiger charge is -2.37. The number of ether oxygens (including phenoxy) is 2. The fourth-order valence-corrected chi connectivity index (χ4v) is 6.92. The number of carbonyl (C=O) groups is 5. The maximum Gasteiger partial charge on any atom is 0.514 e. The van der Waals surface area contributed by atoms with Gasteiger partial charge < -0.3 is 30.1 Å². The zero-order valence-corrected chi connectivity index (χ0v) is 35.4. The summed E-state index contributed by atoms with van der Waals surface area (Å²) in [7, 11) is 5.18. The van der Waals surface area contributed by atoms with Gasteiger partial charge in [0.05, 0.1) is 16.4 Å². The van der Waals surface area contributed by atoms with Crippen LogP contribution < -0.4 is 15.4 Å². The van der Waals surface area contributed by atoms with E-state index >= 15 is 0 Å². The minimum absolute atomic E-state index is 0.0122. The van der Waals surface area contributed by atoms with Crippen LogP contribution >= 0.6 is 11.3 Å². The number of likely N-dealkylation sites (N-methyl/N-ethyl adjacent to an activating group) is 2. The molecule has 3 rings (SSSR count). The average molecular weight is 825 g/mol. The van der Waals surface area contributed by atoms with Crippen molar-refractivity contribution in [1.29, 1.82) is 0 Å². The normalized spacial score (nSPS) is 14.1. The molecule has 16 nitrogen and oxygen atoms in total. The number of nitrogens with zero attached hydrogens (tertiary/aromatic N) is 4. The molecule has 58 heavy (non-hydrogen) atoms. The lowest BCUT2D eigenvalue weighted by Crippen LogP contribution is -2.58. The minimum atomic E-state index is -1.15. The van der Waals surface area contributed by atoms with E-state index in [9.17, 15) is 39.2 Å². The number of nitro groups is 1. The van der Waals surface area contributed by atoms with E-state index in [1.54, 1.807) is 46.8 Å². The van der Waals surface area contributed by atoms with Crippen molar-refractivity contribution in [3.8, 4) is 5.75 Å². The third kappa shape index (κ3) is 13.3. The molecule has 0 radical (unpaired) electrons. The lowest BCUT2D eigenvalue weighted by atomic mass is 9.95. The van der Waals surface area contributed by atoms with Gasteiger partial charge in [0.1, 0.15) is 22.5 Å². The Balaban J connectivity index is 1.94. The Labute approximate surface area is 343 Å². The van der Waals surface area contributed by atoms with Gasteiger partial charge in [0, 0.05) is 43.1 Å². The summed E-state index contributed by atoms with van der Waals surface area (Å²) in [6.45, 7) is 10.8. The third-order valence-corrected chi connectivity index (χ3v) is 11.1. The van der Waals surface area contributed by atoms with Crippen molar-refractivity contribution in [2.24, 2.45) is 11.8 Å². The van der Waals surface area contributed by atoms with E-state index in [-0.39, 0.29) is 52.7 Å². The second-order valence-corrected chi connectivity index (χ2v) is 16.3. The summed E-state index contributed by atoms with van der Waals surface area (Å²) in [6.07, 6.45) is -0.730. The molecule has 316 valence electrons. The van der Waals surface area contributed by atoms with Crippen molar-refractivity contribution in [1.82, 2.24) is 25.4 Å². The summed E-state index contributed by atoms with van der Waals surface area (Å²) in [5.74, 6) is -3.15. The molecule has 2 aromatic carbocycles. The summed E-state index contributed by atoms with van der Waals surface area (Å²) in [6, 6.07) is 12.3. The van der Waals surface area contributed by atoms with Crippen LogP contribution in [0, 0.1) is 22.0 Å². The molecule has 17 heteroatoms. The average Bonchev–Trinajstić information content (AvgIpc) is 3.66. The minimum Gasteiger partial charge on any atom is -0.481 e. The monoisotopic (exact) mass is 824 g/mol. The van der Waals surface area contributed by atoms with E-state index in [0.717, 1.165) is 16.9 Å². The molecule has 3 aromatic rings. The van der Waals surface area contributed by atoms with Crippen molar-refractivity contribution < 1.29 is 43.5 Å². The fourth-order valence-electron chi connectivity index (χ4n) is 6.08. The molecule has 0 aliphatic carbocycles. The SMILES string of the molecule is CCC[C@H](NC(=O)C(C)(C)N(C)C)C(=O)N(C)[C@H](C[C@@H](OC(=O)Oc1ccc([N+](=O)[O-])cc1)c1nc(C(=O)N[C@@H](Cc2ccccc2)C[C@H](C)C(=O)O)cs1)C(C)C. The smallest absolute Gasteiger partial charge is 0.481 e. The molecule has 0 fully saturated rings. The number of nitrogens with one attached hydrogen (secondary N) is 2. The second-order valence-electron chi connectivity index (χ2n) is 15.4. The van der Waals surface area contributed by atoms with Crippen molar-refractivity contribution in [2.45, 2.75) is 103 Å². The van der Waals surface area contributed by atoms with Gasteiger partial charge in [-0.3, -0.25) is 34.2 Å². The molecular weight excluding hydrogens is 769 g/mol. The van der Waals surface area contributed by atoms with Crippen LogP contribution in [0.1, 0.15) is 94.4 Å². The molecule has 0 aliphatic heterocycles.